The van der Waals surface area contributed by atoms with E-state index < -0.39 is 0 Å². The van der Waals surface area contributed by atoms with Gasteiger partial charge in [0.1, 0.15) is 11.4 Å². The van der Waals surface area contributed by atoms with Crippen molar-refractivity contribution in [2.75, 3.05) is 37.7 Å². The maximum Gasteiger partial charge on any atom is 0.260 e. The van der Waals surface area contributed by atoms with E-state index in [1.54, 1.807) is 6.26 Å². The second kappa shape index (κ2) is 8.34. The van der Waals surface area contributed by atoms with Crippen LogP contribution >= 0.6 is 0 Å². The molecule has 0 saturated carbocycles. The molecule has 1 fully saturated rings. The van der Waals surface area contributed by atoms with Gasteiger partial charge in [0.05, 0.1) is 6.26 Å². The minimum Gasteiger partial charge on any atom is -0.483 e. The first-order valence-electron chi connectivity index (χ1n) is 9.70. The Kier molecular flexibility index (Phi) is 5.46. The van der Waals surface area contributed by atoms with Gasteiger partial charge in [-0.1, -0.05) is 12.1 Å². The zero-order valence-corrected chi connectivity index (χ0v) is 16.7. The molecule has 0 atom stereocenters. The molecule has 4 rings (SSSR count). The maximum absolute atomic E-state index is 12.5. The highest BCUT2D eigenvalue weighted by Gasteiger charge is 2.22. The lowest BCUT2D eigenvalue weighted by molar-refractivity contribution is -0.133. The molecule has 7 heteroatoms. The summed E-state index contributed by atoms with van der Waals surface area (Å²) in [7, 11) is 0. The number of rotatable bonds is 5. The topological polar surface area (TPSA) is 71.7 Å². The van der Waals surface area contributed by atoms with Crippen LogP contribution in [0, 0.1) is 13.8 Å². The Hall–Kier alpha value is -3.35. The quantitative estimate of drug-likeness (QED) is 0.665. The molecule has 1 aliphatic rings. The van der Waals surface area contributed by atoms with Gasteiger partial charge in [-0.05, 0) is 55.3 Å². The minimum absolute atomic E-state index is 0.00445. The molecular formula is C22H24N4O3. The molecule has 0 bridgehead atoms. The van der Waals surface area contributed by atoms with Crippen molar-refractivity contribution in [2.24, 2.45) is 0 Å². The van der Waals surface area contributed by atoms with E-state index in [4.69, 9.17) is 9.15 Å². The minimum atomic E-state index is 0.00445. The van der Waals surface area contributed by atoms with E-state index in [2.05, 4.69) is 15.1 Å². The average Bonchev–Trinajstić information content (AvgIpc) is 3.29. The third-order valence-electron chi connectivity index (χ3n) is 5.08. The highest BCUT2D eigenvalue weighted by atomic mass is 16.5. The number of carbonyl (C=O) groups excluding carboxylic acids is 1. The van der Waals surface area contributed by atoms with Gasteiger partial charge in [0.2, 0.25) is 0 Å². The van der Waals surface area contributed by atoms with Crippen molar-refractivity contribution < 1.29 is 13.9 Å². The first kappa shape index (κ1) is 19.0. The fourth-order valence-electron chi connectivity index (χ4n) is 3.33. The van der Waals surface area contributed by atoms with Crippen molar-refractivity contribution in [3.05, 3.63) is 59.9 Å². The first-order chi connectivity index (χ1) is 14.1. The van der Waals surface area contributed by atoms with E-state index in [0.29, 0.717) is 37.6 Å². The molecule has 1 amide bonds. The molecule has 3 heterocycles. The largest absolute Gasteiger partial charge is 0.483 e. The van der Waals surface area contributed by atoms with Gasteiger partial charge in [-0.25, -0.2) is 0 Å². The Bertz CT molecular complexity index is 962. The van der Waals surface area contributed by atoms with Crippen molar-refractivity contribution >= 4 is 11.7 Å². The Morgan fingerprint density at radius 1 is 1.07 bits per heavy atom. The van der Waals surface area contributed by atoms with E-state index in [9.17, 15) is 4.79 Å². The third kappa shape index (κ3) is 4.39. The SMILES string of the molecule is Cc1ccc(C)c(OCC(=O)N2CCN(c3ccc(-c4ccco4)nn3)CC2)c1. The van der Waals surface area contributed by atoms with Crippen LogP contribution in [-0.4, -0.2) is 53.8 Å². The van der Waals surface area contributed by atoms with Crippen LogP contribution in [-0.2, 0) is 4.79 Å². The molecular weight excluding hydrogens is 368 g/mol. The second-order valence-electron chi connectivity index (χ2n) is 7.18. The number of aromatic nitrogens is 2. The summed E-state index contributed by atoms with van der Waals surface area (Å²) in [6, 6.07) is 13.5. The standard InChI is InChI=1S/C22H24N4O3/c1-16-5-6-17(2)20(14-16)29-15-22(27)26-11-9-25(10-12-26)21-8-7-18(23-24-21)19-4-3-13-28-19/h3-8,13-14H,9-12,15H2,1-2H3. The normalized spacial score (nSPS) is 14.1. The van der Waals surface area contributed by atoms with Gasteiger partial charge in [-0.15, -0.1) is 10.2 Å². The predicted octanol–water partition coefficient (Wildman–Crippen LogP) is 3.08. The summed E-state index contributed by atoms with van der Waals surface area (Å²) in [4.78, 5) is 16.5. The number of aryl methyl sites for hydroxylation is 2. The van der Waals surface area contributed by atoms with Crippen LogP contribution in [0.2, 0.25) is 0 Å². The molecule has 150 valence electrons. The lowest BCUT2D eigenvalue weighted by Crippen LogP contribution is -2.50. The number of amides is 1. The van der Waals surface area contributed by atoms with Crippen molar-refractivity contribution in [1.82, 2.24) is 15.1 Å². The van der Waals surface area contributed by atoms with Gasteiger partial charge < -0.3 is 19.0 Å². The summed E-state index contributed by atoms with van der Waals surface area (Å²) in [5.41, 5.74) is 2.85. The monoisotopic (exact) mass is 392 g/mol. The Morgan fingerprint density at radius 3 is 2.59 bits per heavy atom. The van der Waals surface area contributed by atoms with Crippen molar-refractivity contribution in [3.63, 3.8) is 0 Å². The van der Waals surface area contributed by atoms with E-state index >= 15 is 0 Å². The number of hydrogen-bond donors (Lipinski definition) is 0. The van der Waals surface area contributed by atoms with Crippen LogP contribution in [0.25, 0.3) is 11.5 Å². The molecule has 3 aromatic rings. The van der Waals surface area contributed by atoms with Crippen LogP contribution < -0.4 is 9.64 Å². The summed E-state index contributed by atoms with van der Waals surface area (Å²) >= 11 is 0. The molecule has 29 heavy (non-hydrogen) atoms. The summed E-state index contributed by atoms with van der Waals surface area (Å²) in [6.45, 7) is 6.75. The first-order valence-corrected chi connectivity index (χ1v) is 9.70. The van der Waals surface area contributed by atoms with Crippen molar-refractivity contribution in [2.45, 2.75) is 13.8 Å². The number of hydrogen-bond acceptors (Lipinski definition) is 6. The molecule has 1 aliphatic heterocycles. The van der Waals surface area contributed by atoms with Crippen molar-refractivity contribution in [1.29, 1.82) is 0 Å². The maximum atomic E-state index is 12.5. The highest BCUT2D eigenvalue weighted by molar-refractivity contribution is 5.78. The van der Waals surface area contributed by atoms with Gasteiger partial charge in [0.25, 0.3) is 5.91 Å². The smallest absolute Gasteiger partial charge is 0.260 e. The fourth-order valence-corrected chi connectivity index (χ4v) is 3.33. The number of benzene rings is 1. The zero-order valence-electron chi connectivity index (χ0n) is 16.7. The summed E-state index contributed by atoms with van der Waals surface area (Å²) in [6.07, 6.45) is 1.62. The molecule has 7 nitrogen and oxygen atoms in total. The van der Waals surface area contributed by atoms with E-state index in [1.165, 1.54) is 0 Å². The Labute approximate surface area is 169 Å². The van der Waals surface area contributed by atoms with Gasteiger partial charge in [0.15, 0.2) is 18.2 Å². The van der Waals surface area contributed by atoms with Crippen molar-refractivity contribution in [3.8, 4) is 17.2 Å². The van der Waals surface area contributed by atoms with Crippen LogP contribution in [0.15, 0.2) is 53.1 Å². The molecule has 0 N–H and O–H groups in total. The van der Waals surface area contributed by atoms with Crippen LogP contribution in [0.3, 0.4) is 0 Å². The fraction of sp³-hybridized carbons (Fsp3) is 0.318. The van der Waals surface area contributed by atoms with Gasteiger partial charge in [-0.2, -0.15) is 0 Å². The molecule has 0 radical (unpaired) electrons. The lowest BCUT2D eigenvalue weighted by atomic mass is 10.1. The zero-order chi connectivity index (χ0) is 20.2. The number of ether oxygens (including phenoxy) is 1. The summed E-state index contributed by atoms with van der Waals surface area (Å²) < 4.78 is 11.1. The van der Waals surface area contributed by atoms with Crippen LogP contribution in [0.4, 0.5) is 5.82 Å². The number of carbonyl (C=O) groups is 1. The van der Waals surface area contributed by atoms with Gasteiger partial charge in [-0.3, -0.25) is 4.79 Å². The molecule has 1 saturated heterocycles. The number of nitrogens with zero attached hydrogens (tertiary/aromatic N) is 4. The number of piperazine rings is 1. The molecule has 2 aromatic heterocycles. The molecule has 0 unspecified atom stereocenters. The van der Waals surface area contributed by atoms with Gasteiger partial charge >= 0.3 is 0 Å². The third-order valence-corrected chi connectivity index (χ3v) is 5.08. The highest BCUT2D eigenvalue weighted by Crippen LogP contribution is 2.21. The second-order valence-corrected chi connectivity index (χ2v) is 7.18. The molecule has 1 aromatic carbocycles. The van der Waals surface area contributed by atoms with Crippen LogP contribution in [0.1, 0.15) is 11.1 Å². The predicted molar refractivity (Wildman–Crippen MR) is 110 cm³/mol. The average molecular weight is 392 g/mol. The summed E-state index contributed by atoms with van der Waals surface area (Å²) in [5, 5.41) is 8.55. The molecule has 0 spiro atoms. The molecule has 0 aliphatic carbocycles. The summed E-state index contributed by atoms with van der Waals surface area (Å²) in [5.74, 6) is 2.27. The Morgan fingerprint density at radius 2 is 1.90 bits per heavy atom. The van der Waals surface area contributed by atoms with E-state index in [0.717, 1.165) is 22.7 Å². The van der Waals surface area contributed by atoms with Crippen LogP contribution in [0.5, 0.6) is 5.75 Å². The van der Waals surface area contributed by atoms with Gasteiger partial charge in [0, 0.05) is 26.2 Å². The van der Waals surface area contributed by atoms with E-state index in [-0.39, 0.29) is 12.5 Å². The number of furan rings is 1. The Balaban J connectivity index is 1.29. The number of anilines is 1. The lowest BCUT2D eigenvalue weighted by Gasteiger charge is -2.35. The van der Waals surface area contributed by atoms with E-state index in [1.807, 2.05) is 61.2 Å².